The van der Waals surface area contributed by atoms with Gasteiger partial charge in [0.1, 0.15) is 0 Å². The van der Waals surface area contributed by atoms with Crippen molar-refractivity contribution >= 4 is 26.7 Å². The monoisotopic (exact) mass is 444 g/mol. The van der Waals surface area contributed by atoms with Crippen LogP contribution < -0.4 is 0 Å². The van der Waals surface area contributed by atoms with Crippen LogP contribution in [0.4, 0.5) is 13.2 Å². The summed E-state index contributed by atoms with van der Waals surface area (Å²) in [4.78, 5) is 24.6. The summed E-state index contributed by atoms with van der Waals surface area (Å²) in [5.74, 6) is -1.27. The van der Waals surface area contributed by atoms with E-state index in [-0.39, 0.29) is 24.1 Å². The zero-order valence-corrected chi connectivity index (χ0v) is 16.4. The Morgan fingerprint density at radius 3 is 2.37 bits per heavy atom. The second kappa shape index (κ2) is 9.72. The molecule has 0 bridgehead atoms. The SMILES string of the molecule is CC(C(=O)OCCC[Se]C(F)(F)F)c1cccc(C(=O)c2ccccc2)c1. The first-order chi connectivity index (χ1) is 12.8. The predicted molar refractivity (Wildman–Crippen MR) is 96.9 cm³/mol. The number of carbonyl (C=O) groups is 2. The second-order valence-electron chi connectivity index (χ2n) is 5.86. The quantitative estimate of drug-likeness (QED) is 0.259. The standard InChI is InChI=1S/C20H19F3O3Se/c1-14(19(25)26-11-6-12-27-20(21,22)23)16-9-5-10-17(13-16)18(24)15-7-3-2-4-8-15/h2-5,7-10,13-14H,6,11-12H2,1H3. The van der Waals surface area contributed by atoms with Crippen molar-refractivity contribution in [1.82, 2.24) is 0 Å². The molecule has 0 fully saturated rings. The van der Waals surface area contributed by atoms with Gasteiger partial charge in [0.25, 0.3) is 0 Å². The molecule has 0 radical (unpaired) electrons. The van der Waals surface area contributed by atoms with E-state index in [0.717, 1.165) is 0 Å². The second-order valence-corrected chi connectivity index (χ2v) is 8.29. The van der Waals surface area contributed by atoms with Crippen molar-refractivity contribution < 1.29 is 27.5 Å². The molecule has 7 heteroatoms. The van der Waals surface area contributed by atoms with Crippen LogP contribution in [0.1, 0.15) is 40.7 Å². The molecule has 2 rings (SSSR count). The van der Waals surface area contributed by atoms with Crippen molar-refractivity contribution in [1.29, 1.82) is 0 Å². The number of alkyl halides is 3. The van der Waals surface area contributed by atoms with E-state index in [0.29, 0.717) is 16.7 Å². The van der Waals surface area contributed by atoms with Gasteiger partial charge in [-0.2, -0.15) is 0 Å². The summed E-state index contributed by atoms with van der Waals surface area (Å²) in [7, 11) is 0. The Hall–Kier alpha value is -2.11. The molecule has 2 aromatic carbocycles. The first-order valence-corrected chi connectivity index (χ1v) is 10.4. The molecule has 3 nitrogen and oxygen atoms in total. The Morgan fingerprint density at radius 2 is 1.70 bits per heavy atom. The molecule has 0 heterocycles. The molecule has 0 aliphatic rings. The molecule has 0 aliphatic heterocycles. The normalized spacial score (nSPS) is 12.4. The van der Waals surface area contributed by atoms with E-state index >= 15 is 0 Å². The average molecular weight is 443 g/mol. The molecule has 0 saturated carbocycles. The number of carbonyl (C=O) groups excluding carboxylic acids is 2. The van der Waals surface area contributed by atoms with Gasteiger partial charge in [0.15, 0.2) is 0 Å². The molecule has 0 amide bonds. The maximum atomic E-state index is 12.5. The summed E-state index contributed by atoms with van der Waals surface area (Å²) >= 11 is -1.45. The van der Waals surface area contributed by atoms with Crippen molar-refractivity contribution in [2.45, 2.75) is 29.7 Å². The van der Waals surface area contributed by atoms with Gasteiger partial charge in [0, 0.05) is 0 Å². The maximum absolute atomic E-state index is 12.5. The minimum absolute atomic E-state index is 0.0147. The van der Waals surface area contributed by atoms with Gasteiger partial charge in [-0.25, -0.2) is 0 Å². The van der Waals surface area contributed by atoms with Crippen molar-refractivity contribution in [2.75, 3.05) is 6.61 Å². The van der Waals surface area contributed by atoms with Crippen molar-refractivity contribution in [3.8, 4) is 0 Å². The van der Waals surface area contributed by atoms with E-state index in [1.807, 2.05) is 6.07 Å². The number of hydrogen-bond donors (Lipinski definition) is 0. The summed E-state index contributed by atoms with van der Waals surface area (Å²) in [6.45, 7) is 1.61. The summed E-state index contributed by atoms with van der Waals surface area (Å²) in [5.41, 5.74) is 1.64. The summed E-state index contributed by atoms with van der Waals surface area (Å²) < 4.78 is 41.4. The Kier molecular flexibility index (Phi) is 7.63. The Bertz CT molecular complexity index is 776. The minimum atomic E-state index is -4.13. The van der Waals surface area contributed by atoms with Crippen LogP contribution in [0.2, 0.25) is 5.32 Å². The first kappa shape index (κ1) is 21.2. The molecule has 2 aromatic rings. The van der Waals surface area contributed by atoms with Gasteiger partial charge >= 0.3 is 144 Å². The first-order valence-electron chi connectivity index (χ1n) is 8.35. The van der Waals surface area contributed by atoms with Crippen LogP contribution in [0.5, 0.6) is 0 Å². The van der Waals surface area contributed by atoms with Crippen LogP contribution in [0.15, 0.2) is 54.6 Å². The third kappa shape index (κ3) is 6.85. The molecule has 0 spiro atoms. The molecular formula is C20H19F3O3Se. The predicted octanol–water partition coefficient (Wildman–Crippen LogP) is 4.60. The zero-order valence-electron chi connectivity index (χ0n) is 14.7. The molecule has 27 heavy (non-hydrogen) atoms. The van der Waals surface area contributed by atoms with Gasteiger partial charge in [0.2, 0.25) is 0 Å². The zero-order chi connectivity index (χ0) is 19.9. The molecule has 144 valence electrons. The fourth-order valence-corrected chi connectivity index (χ4v) is 3.42. The van der Waals surface area contributed by atoms with Crippen LogP contribution in [0.25, 0.3) is 0 Å². The number of rotatable bonds is 8. The van der Waals surface area contributed by atoms with Crippen molar-refractivity contribution in [3.63, 3.8) is 0 Å². The van der Waals surface area contributed by atoms with E-state index in [2.05, 4.69) is 0 Å². The van der Waals surface area contributed by atoms with E-state index < -0.39 is 31.9 Å². The molecule has 0 aliphatic carbocycles. The van der Waals surface area contributed by atoms with Gasteiger partial charge in [-0.15, -0.1) is 0 Å². The third-order valence-electron chi connectivity index (χ3n) is 3.84. The average Bonchev–Trinajstić information content (AvgIpc) is 2.66. The van der Waals surface area contributed by atoms with E-state index in [1.165, 1.54) is 0 Å². The molecule has 0 N–H and O–H groups in total. The number of halogens is 3. The van der Waals surface area contributed by atoms with Crippen LogP contribution >= 0.6 is 0 Å². The fraction of sp³-hybridized carbons (Fsp3) is 0.300. The van der Waals surface area contributed by atoms with Gasteiger partial charge < -0.3 is 0 Å². The number of hydrogen-bond acceptors (Lipinski definition) is 3. The Balaban J connectivity index is 1.93. The van der Waals surface area contributed by atoms with Crippen LogP contribution in [0, 0.1) is 0 Å². The number of ketones is 1. The molecule has 0 saturated heterocycles. The van der Waals surface area contributed by atoms with E-state index in [1.54, 1.807) is 55.5 Å². The molecule has 0 aromatic heterocycles. The van der Waals surface area contributed by atoms with Gasteiger partial charge in [0.05, 0.1) is 0 Å². The Labute approximate surface area is 162 Å². The van der Waals surface area contributed by atoms with Crippen LogP contribution in [-0.4, -0.2) is 38.4 Å². The number of esters is 1. The molecular weight excluding hydrogens is 424 g/mol. The summed E-state index contributed by atoms with van der Waals surface area (Å²) in [6, 6.07) is 15.5. The number of ether oxygens (including phenoxy) is 1. The summed E-state index contributed by atoms with van der Waals surface area (Å²) in [6.07, 6.45) is 0.185. The Morgan fingerprint density at radius 1 is 1.04 bits per heavy atom. The van der Waals surface area contributed by atoms with Crippen molar-refractivity contribution in [3.05, 3.63) is 71.3 Å². The van der Waals surface area contributed by atoms with Gasteiger partial charge in [-0.1, -0.05) is 18.2 Å². The third-order valence-corrected chi connectivity index (χ3v) is 5.56. The topological polar surface area (TPSA) is 43.4 Å². The molecule has 1 atom stereocenters. The molecule has 1 unspecified atom stereocenters. The van der Waals surface area contributed by atoms with Crippen LogP contribution in [-0.2, 0) is 9.53 Å². The van der Waals surface area contributed by atoms with E-state index in [9.17, 15) is 22.8 Å². The van der Waals surface area contributed by atoms with Crippen LogP contribution in [0.3, 0.4) is 0 Å². The van der Waals surface area contributed by atoms with Gasteiger partial charge in [-0.05, 0) is 0 Å². The van der Waals surface area contributed by atoms with Gasteiger partial charge in [-0.3, -0.25) is 0 Å². The van der Waals surface area contributed by atoms with E-state index in [4.69, 9.17) is 4.74 Å². The fourth-order valence-electron chi connectivity index (χ4n) is 2.39. The summed E-state index contributed by atoms with van der Waals surface area (Å²) in [5, 5.41) is -4.14. The van der Waals surface area contributed by atoms with Crippen molar-refractivity contribution in [2.24, 2.45) is 0 Å². The number of benzene rings is 2.